The van der Waals surface area contributed by atoms with E-state index in [0.717, 1.165) is 5.56 Å². The number of hydrogen-bond donors (Lipinski definition) is 2. The number of nitrogens with one attached hydrogen (secondary N) is 1. The number of ether oxygens (including phenoxy) is 1. The van der Waals surface area contributed by atoms with Gasteiger partial charge in [-0.15, -0.1) is 0 Å². The van der Waals surface area contributed by atoms with Crippen molar-refractivity contribution in [2.24, 2.45) is 0 Å². The van der Waals surface area contributed by atoms with E-state index in [4.69, 9.17) is 4.74 Å². The summed E-state index contributed by atoms with van der Waals surface area (Å²) in [6.45, 7) is 3.59. The molecule has 1 aromatic rings. The summed E-state index contributed by atoms with van der Waals surface area (Å²) in [6.07, 6.45) is 1.97. The average Bonchev–Trinajstić information content (AvgIpc) is 2.50. The first-order chi connectivity index (χ1) is 10.0. The molecule has 1 unspecified atom stereocenters. The molecule has 5 heteroatoms. The van der Waals surface area contributed by atoms with E-state index in [9.17, 15) is 14.7 Å². The van der Waals surface area contributed by atoms with E-state index in [2.05, 4.69) is 11.9 Å². The van der Waals surface area contributed by atoms with Crippen molar-refractivity contribution in [3.63, 3.8) is 0 Å². The highest BCUT2D eigenvalue weighted by atomic mass is 16.5. The van der Waals surface area contributed by atoms with Gasteiger partial charge in [0.25, 0.3) is 0 Å². The molecule has 0 saturated heterocycles. The van der Waals surface area contributed by atoms with Crippen molar-refractivity contribution in [2.75, 3.05) is 13.7 Å². The van der Waals surface area contributed by atoms with E-state index in [-0.39, 0.29) is 19.4 Å². The molecule has 0 spiro atoms. The Balaban J connectivity index is 2.76. The van der Waals surface area contributed by atoms with E-state index >= 15 is 0 Å². The minimum Gasteiger partial charge on any atom is -0.480 e. The molecule has 5 nitrogen and oxygen atoms in total. The SMILES string of the molecule is C=CCOC(=O)CCC(Cc1ccccc1)(NC)C(=O)O. The van der Waals surface area contributed by atoms with Crippen LogP contribution >= 0.6 is 0 Å². The van der Waals surface area contributed by atoms with Crippen molar-refractivity contribution in [3.8, 4) is 0 Å². The zero-order chi connectivity index (χ0) is 15.7. The van der Waals surface area contributed by atoms with E-state index in [1.54, 1.807) is 7.05 Å². The molecule has 0 aliphatic rings. The summed E-state index contributed by atoms with van der Waals surface area (Å²) in [6, 6.07) is 9.32. The molecular weight excluding hydrogens is 270 g/mol. The second kappa shape index (κ2) is 8.21. The number of carbonyl (C=O) groups excluding carboxylic acids is 1. The number of hydrogen-bond acceptors (Lipinski definition) is 4. The maximum atomic E-state index is 11.7. The van der Waals surface area contributed by atoms with Crippen LogP contribution in [0.2, 0.25) is 0 Å². The summed E-state index contributed by atoms with van der Waals surface area (Å²) in [7, 11) is 1.59. The number of carboxylic acid groups (broad SMARTS) is 1. The Hall–Kier alpha value is -2.14. The van der Waals surface area contributed by atoms with E-state index < -0.39 is 17.5 Å². The average molecular weight is 291 g/mol. The normalized spacial score (nSPS) is 13.2. The molecule has 21 heavy (non-hydrogen) atoms. The molecule has 0 fully saturated rings. The summed E-state index contributed by atoms with van der Waals surface area (Å²) in [5, 5.41) is 12.4. The Morgan fingerprint density at radius 1 is 1.38 bits per heavy atom. The number of aliphatic carboxylic acids is 1. The van der Waals surface area contributed by atoms with Crippen LogP contribution < -0.4 is 5.32 Å². The lowest BCUT2D eigenvalue weighted by Gasteiger charge is -2.29. The quantitative estimate of drug-likeness (QED) is 0.536. The second-order valence-electron chi connectivity index (χ2n) is 4.77. The highest BCUT2D eigenvalue weighted by molar-refractivity contribution is 5.80. The van der Waals surface area contributed by atoms with Gasteiger partial charge in [0.2, 0.25) is 0 Å². The number of likely N-dealkylation sites (N-methyl/N-ethyl adjacent to an activating group) is 1. The van der Waals surface area contributed by atoms with Crippen molar-refractivity contribution >= 4 is 11.9 Å². The van der Waals surface area contributed by atoms with Gasteiger partial charge in [0.15, 0.2) is 0 Å². The lowest BCUT2D eigenvalue weighted by molar-refractivity contribution is -0.147. The van der Waals surface area contributed by atoms with Crippen LogP contribution in [-0.4, -0.2) is 36.2 Å². The Bertz CT molecular complexity index is 486. The summed E-state index contributed by atoms with van der Waals surface area (Å²) in [5.41, 5.74) is -0.289. The molecule has 0 amide bonds. The summed E-state index contributed by atoms with van der Waals surface area (Å²) in [5.74, 6) is -1.41. The number of carboxylic acids is 1. The second-order valence-corrected chi connectivity index (χ2v) is 4.77. The lowest BCUT2D eigenvalue weighted by atomic mass is 9.86. The number of benzene rings is 1. The lowest BCUT2D eigenvalue weighted by Crippen LogP contribution is -2.52. The molecule has 1 rings (SSSR count). The molecule has 0 aliphatic heterocycles. The van der Waals surface area contributed by atoms with Crippen molar-refractivity contribution < 1.29 is 19.4 Å². The number of carbonyl (C=O) groups is 2. The van der Waals surface area contributed by atoms with Gasteiger partial charge in [-0.25, -0.2) is 0 Å². The number of rotatable bonds is 9. The Kier molecular flexibility index (Phi) is 6.62. The number of esters is 1. The Morgan fingerprint density at radius 3 is 2.57 bits per heavy atom. The predicted molar refractivity (Wildman–Crippen MR) is 80.0 cm³/mol. The highest BCUT2D eigenvalue weighted by Gasteiger charge is 2.37. The minimum absolute atomic E-state index is 0.0355. The highest BCUT2D eigenvalue weighted by Crippen LogP contribution is 2.20. The van der Waals surface area contributed by atoms with Crippen LogP contribution in [0.5, 0.6) is 0 Å². The van der Waals surface area contributed by atoms with Crippen molar-refractivity contribution in [3.05, 3.63) is 48.6 Å². The summed E-state index contributed by atoms with van der Waals surface area (Å²) < 4.78 is 4.88. The monoisotopic (exact) mass is 291 g/mol. The van der Waals surface area contributed by atoms with Crippen LogP contribution in [0.4, 0.5) is 0 Å². The van der Waals surface area contributed by atoms with Gasteiger partial charge in [0, 0.05) is 12.8 Å². The molecular formula is C16H21NO4. The van der Waals surface area contributed by atoms with Crippen LogP contribution in [0.25, 0.3) is 0 Å². The third kappa shape index (κ3) is 5.04. The zero-order valence-corrected chi connectivity index (χ0v) is 12.2. The maximum absolute atomic E-state index is 11.7. The zero-order valence-electron chi connectivity index (χ0n) is 12.2. The fourth-order valence-corrected chi connectivity index (χ4v) is 2.08. The first-order valence-electron chi connectivity index (χ1n) is 6.77. The Morgan fingerprint density at radius 2 is 2.05 bits per heavy atom. The van der Waals surface area contributed by atoms with Crippen LogP contribution in [-0.2, 0) is 20.7 Å². The molecule has 1 aromatic carbocycles. The van der Waals surface area contributed by atoms with Crippen molar-refractivity contribution in [2.45, 2.75) is 24.8 Å². The summed E-state index contributed by atoms with van der Waals surface area (Å²) >= 11 is 0. The first-order valence-corrected chi connectivity index (χ1v) is 6.77. The fourth-order valence-electron chi connectivity index (χ4n) is 2.08. The standard InChI is InChI=1S/C16H21NO4/c1-3-11-21-14(18)9-10-16(17-2,15(19)20)12-13-7-5-4-6-8-13/h3-8,17H,1,9-12H2,2H3,(H,19,20). The van der Waals surface area contributed by atoms with E-state index in [1.165, 1.54) is 6.08 Å². The van der Waals surface area contributed by atoms with Gasteiger partial charge < -0.3 is 15.2 Å². The first kappa shape index (κ1) is 16.9. The molecule has 114 valence electrons. The van der Waals surface area contributed by atoms with Crippen LogP contribution in [0, 0.1) is 0 Å². The molecule has 2 N–H and O–H groups in total. The van der Waals surface area contributed by atoms with Gasteiger partial charge in [-0.3, -0.25) is 9.59 Å². The van der Waals surface area contributed by atoms with Crippen molar-refractivity contribution in [1.82, 2.24) is 5.32 Å². The molecule has 0 aliphatic carbocycles. The topological polar surface area (TPSA) is 75.6 Å². The van der Waals surface area contributed by atoms with Gasteiger partial charge in [-0.05, 0) is 19.0 Å². The van der Waals surface area contributed by atoms with Crippen LogP contribution in [0.3, 0.4) is 0 Å². The Labute approximate surface area is 124 Å². The predicted octanol–water partition coefficient (Wildman–Crippen LogP) is 1.78. The molecule has 1 atom stereocenters. The maximum Gasteiger partial charge on any atom is 0.324 e. The molecule has 0 aromatic heterocycles. The van der Waals surface area contributed by atoms with Gasteiger partial charge in [-0.2, -0.15) is 0 Å². The van der Waals surface area contributed by atoms with Gasteiger partial charge in [0.1, 0.15) is 12.1 Å². The van der Waals surface area contributed by atoms with Gasteiger partial charge >= 0.3 is 11.9 Å². The minimum atomic E-state index is -1.19. The fraction of sp³-hybridized carbons (Fsp3) is 0.375. The smallest absolute Gasteiger partial charge is 0.324 e. The molecule has 0 saturated carbocycles. The van der Waals surface area contributed by atoms with E-state index in [1.807, 2.05) is 30.3 Å². The third-order valence-corrected chi connectivity index (χ3v) is 3.35. The van der Waals surface area contributed by atoms with Crippen LogP contribution in [0.15, 0.2) is 43.0 Å². The van der Waals surface area contributed by atoms with Crippen molar-refractivity contribution in [1.29, 1.82) is 0 Å². The summed E-state index contributed by atoms with van der Waals surface area (Å²) in [4.78, 5) is 23.2. The molecule has 0 heterocycles. The molecule has 0 radical (unpaired) electrons. The largest absolute Gasteiger partial charge is 0.480 e. The van der Waals surface area contributed by atoms with Crippen LogP contribution in [0.1, 0.15) is 18.4 Å². The van der Waals surface area contributed by atoms with E-state index in [0.29, 0.717) is 6.42 Å². The third-order valence-electron chi connectivity index (χ3n) is 3.35. The van der Waals surface area contributed by atoms with Gasteiger partial charge in [-0.1, -0.05) is 43.0 Å². The molecule has 0 bridgehead atoms. The van der Waals surface area contributed by atoms with Gasteiger partial charge in [0.05, 0.1) is 0 Å².